The van der Waals surface area contributed by atoms with Crippen LogP contribution < -0.4 is 5.32 Å². The zero-order valence-electron chi connectivity index (χ0n) is 10.5. The Morgan fingerprint density at radius 1 is 1.39 bits per heavy atom. The number of hydrogen-bond donors (Lipinski definition) is 1. The average Bonchev–Trinajstić information content (AvgIpc) is 2.81. The number of rotatable bonds is 5. The number of nitrogens with one attached hydrogen (secondary N) is 1. The Kier molecular flexibility index (Phi) is 4.43. The maximum Gasteiger partial charge on any atom is 0.170 e. The van der Waals surface area contributed by atoms with E-state index in [0.717, 1.165) is 29.0 Å². The van der Waals surface area contributed by atoms with Crippen LogP contribution in [0.25, 0.3) is 5.69 Å². The third-order valence-corrected chi connectivity index (χ3v) is 3.24. The lowest BCUT2D eigenvalue weighted by Gasteiger charge is -2.08. The number of nitrogens with zero attached hydrogens (tertiary/aromatic N) is 4. The molecule has 5 nitrogen and oxygen atoms in total. The largest absolute Gasteiger partial charge is 0.310 e. The van der Waals surface area contributed by atoms with Crippen LogP contribution in [0.15, 0.2) is 22.7 Å². The summed E-state index contributed by atoms with van der Waals surface area (Å²) in [7, 11) is 0. The molecule has 2 rings (SSSR count). The van der Waals surface area contributed by atoms with E-state index in [9.17, 15) is 0 Å². The van der Waals surface area contributed by atoms with Gasteiger partial charge in [0.2, 0.25) is 0 Å². The van der Waals surface area contributed by atoms with E-state index in [1.54, 1.807) is 4.68 Å². The molecule has 0 aliphatic carbocycles. The van der Waals surface area contributed by atoms with Crippen molar-refractivity contribution in [3.05, 3.63) is 34.1 Å². The number of halogens is 1. The van der Waals surface area contributed by atoms with Gasteiger partial charge in [-0.05, 0) is 63.9 Å². The van der Waals surface area contributed by atoms with Gasteiger partial charge in [0, 0.05) is 4.47 Å². The fraction of sp³-hybridized carbons (Fsp3) is 0.417. The first kappa shape index (κ1) is 13.2. The lowest BCUT2D eigenvalue weighted by Crippen LogP contribution is -2.17. The number of hydrogen-bond acceptors (Lipinski definition) is 4. The van der Waals surface area contributed by atoms with Gasteiger partial charge < -0.3 is 5.32 Å². The summed E-state index contributed by atoms with van der Waals surface area (Å²) >= 11 is 3.53. The number of aromatic nitrogens is 4. The standard InChI is InChI=1S/C12H16BrN5/c1-3-6-14-8-12-15-16-17-18(12)11-7-9(2)4-5-10(11)13/h4-5,7,14H,3,6,8H2,1-2H3. The monoisotopic (exact) mass is 309 g/mol. The van der Waals surface area contributed by atoms with Crippen molar-refractivity contribution < 1.29 is 0 Å². The molecule has 1 aromatic carbocycles. The van der Waals surface area contributed by atoms with E-state index in [4.69, 9.17) is 0 Å². The second-order valence-corrected chi connectivity index (χ2v) is 4.99. The highest BCUT2D eigenvalue weighted by Gasteiger charge is 2.10. The lowest BCUT2D eigenvalue weighted by molar-refractivity contribution is 0.632. The second kappa shape index (κ2) is 6.06. The minimum Gasteiger partial charge on any atom is -0.310 e. The summed E-state index contributed by atoms with van der Waals surface area (Å²) in [5, 5.41) is 15.2. The van der Waals surface area contributed by atoms with Gasteiger partial charge in [-0.25, -0.2) is 0 Å². The van der Waals surface area contributed by atoms with Gasteiger partial charge in [-0.3, -0.25) is 0 Å². The van der Waals surface area contributed by atoms with E-state index in [-0.39, 0.29) is 0 Å². The summed E-state index contributed by atoms with van der Waals surface area (Å²) in [6, 6.07) is 6.12. The summed E-state index contributed by atoms with van der Waals surface area (Å²) in [4.78, 5) is 0. The van der Waals surface area contributed by atoms with Crippen molar-refractivity contribution in [2.45, 2.75) is 26.8 Å². The van der Waals surface area contributed by atoms with Crippen molar-refractivity contribution in [3.8, 4) is 5.69 Å². The topological polar surface area (TPSA) is 55.6 Å². The molecule has 0 atom stereocenters. The van der Waals surface area contributed by atoms with Gasteiger partial charge in [-0.15, -0.1) is 5.10 Å². The first-order valence-electron chi connectivity index (χ1n) is 5.97. The average molecular weight is 310 g/mol. The zero-order chi connectivity index (χ0) is 13.0. The molecule has 0 aliphatic heterocycles. The molecule has 0 saturated heterocycles. The molecule has 0 radical (unpaired) electrons. The van der Waals surface area contributed by atoms with Gasteiger partial charge in [0.25, 0.3) is 0 Å². The van der Waals surface area contributed by atoms with Crippen molar-refractivity contribution in [3.63, 3.8) is 0 Å². The highest BCUT2D eigenvalue weighted by molar-refractivity contribution is 9.10. The molecule has 0 unspecified atom stereocenters. The van der Waals surface area contributed by atoms with Crippen molar-refractivity contribution in [2.75, 3.05) is 6.54 Å². The van der Waals surface area contributed by atoms with E-state index in [1.165, 1.54) is 5.56 Å². The molecule has 0 fully saturated rings. The van der Waals surface area contributed by atoms with E-state index in [0.29, 0.717) is 6.54 Å². The fourth-order valence-corrected chi connectivity index (χ4v) is 2.08. The van der Waals surface area contributed by atoms with Gasteiger partial charge in [0.05, 0.1) is 12.2 Å². The van der Waals surface area contributed by atoms with Crippen molar-refractivity contribution in [1.29, 1.82) is 0 Å². The van der Waals surface area contributed by atoms with Crippen molar-refractivity contribution in [2.24, 2.45) is 0 Å². The van der Waals surface area contributed by atoms with Gasteiger partial charge in [0.1, 0.15) is 0 Å². The number of aryl methyl sites for hydroxylation is 1. The Labute approximate surface area is 115 Å². The number of benzene rings is 1. The first-order valence-corrected chi connectivity index (χ1v) is 6.76. The SMILES string of the molecule is CCCNCc1nnnn1-c1cc(C)ccc1Br. The Bertz CT molecular complexity index is 523. The predicted molar refractivity (Wildman–Crippen MR) is 73.6 cm³/mol. The molecule has 0 saturated carbocycles. The Morgan fingerprint density at radius 3 is 3.00 bits per heavy atom. The van der Waals surface area contributed by atoms with E-state index in [1.807, 2.05) is 12.1 Å². The first-order chi connectivity index (χ1) is 8.72. The van der Waals surface area contributed by atoms with E-state index < -0.39 is 0 Å². The van der Waals surface area contributed by atoms with Crippen LogP contribution in [0.5, 0.6) is 0 Å². The van der Waals surface area contributed by atoms with Gasteiger partial charge in [0.15, 0.2) is 5.82 Å². The van der Waals surface area contributed by atoms with E-state index >= 15 is 0 Å². The minimum absolute atomic E-state index is 0.668. The van der Waals surface area contributed by atoms with Gasteiger partial charge in [-0.2, -0.15) is 4.68 Å². The van der Waals surface area contributed by atoms with Crippen molar-refractivity contribution in [1.82, 2.24) is 25.5 Å². The molecule has 0 amide bonds. The molecule has 6 heteroatoms. The van der Waals surface area contributed by atoms with Crippen LogP contribution >= 0.6 is 15.9 Å². The zero-order valence-corrected chi connectivity index (χ0v) is 12.1. The molecular formula is C12H16BrN5. The predicted octanol–water partition coefficient (Wildman–Crippen LogP) is 2.23. The van der Waals surface area contributed by atoms with E-state index in [2.05, 4.69) is 56.7 Å². The fourth-order valence-electron chi connectivity index (χ4n) is 1.67. The smallest absolute Gasteiger partial charge is 0.170 e. The molecule has 1 heterocycles. The summed E-state index contributed by atoms with van der Waals surface area (Å²) < 4.78 is 2.75. The van der Waals surface area contributed by atoms with Crippen LogP contribution in [-0.2, 0) is 6.54 Å². The Hall–Kier alpha value is -1.27. The van der Waals surface area contributed by atoms with Gasteiger partial charge >= 0.3 is 0 Å². The number of tetrazole rings is 1. The van der Waals surface area contributed by atoms with Crippen LogP contribution in [0.3, 0.4) is 0 Å². The molecular weight excluding hydrogens is 294 g/mol. The Morgan fingerprint density at radius 2 is 2.22 bits per heavy atom. The van der Waals surface area contributed by atoms with Crippen LogP contribution in [0.1, 0.15) is 24.7 Å². The molecule has 1 aromatic heterocycles. The lowest BCUT2D eigenvalue weighted by atomic mass is 10.2. The van der Waals surface area contributed by atoms with Crippen LogP contribution in [0.4, 0.5) is 0 Å². The molecule has 0 spiro atoms. The maximum absolute atomic E-state index is 4.05. The molecule has 96 valence electrons. The quantitative estimate of drug-likeness (QED) is 0.861. The van der Waals surface area contributed by atoms with Crippen LogP contribution in [-0.4, -0.2) is 26.8 Å². The summed E-state index contributed by atoms with van der Waals surface area (Å²) in [5.41, 5.74) is 2.14. The maximum atomic E-state index is 4.05. The summed E-state index contributed by atoms with van der Waals surface area (Å²) in [5.74, 6) is 0.815. The molecule has 18 heavy (non-hydrogen) atoms. The molecule has 2 aromatic rings. The minimum atomic E-state index is 0.668. The van der Waals surface area contributed by atoms with Crippen LogP contribution in [0.2, 0.25) is 0 Å². The molecule has 0 bridgehead atoms. The van der Waals surface area contributed by atoms with Crippen LogP contribution in [0, 0.1) is 6.92 Å². The highest BCUT2D eigenvalue weighted by atomic mass is 79.9. The Balaban J connectivity index is 2.27. The summed E-state index contributed by atoms with van der Waals surface area (Å²) in [6.45, 7) is 5.81. The second-order valence-electron chi connectivity index (χ2n) is 4.14. The highest BCUT2D eigenvalue weighted by Crippen LogP contribution is 2.22. The summed E-state index contributed by atoms with van der Waals surface area (Å²) in [6.07, 6.45) is 1.09. The normalized spacial score (nSPS) is 10.8. The molecule has 1 N–H and O–H groups in total. The third kappa shape index (κ3) is 2.94. The molecule has 0 aliphatic rings. The third-order valence-electron chi connectivity index (χ3n) is 2.57. The van der Waals surface area contributed by atoms with Crippen molar-refractivity contribution >= 4 is 15.9 Å². The van der Waals surface area contributed by atoms with Gasteiger partial charge in [-0.1, -0.05) is 13.0 Å².